The molecule has 0 saturated carbocycles. The molecular weight excluding hydrogens is 310 g/mol. The Labute approximate surface area is 108 Å². The molecule has 0 fully saturated rings. The summed E-state index contributed by atoms with van der Waals surface area (Å²) in [4.78, 5) is 0. The number of hydrogen-bond donors (Lipinski definition) is 0. The van der Waals surface area contributed by atoms with Crippen molar-refractivity contribution in [2.75, 3.05) is 0 Å². The fourth-order valence-corrected chi connectivity index (χ4v) is 3.82. The summed E-state index contributed by atoms with van der Waals surface area (Å²) in [5.74, 6) is 0. The third kappa shape index (κ3) is 2.37. The Morgan fingerprint density at radius 1 is 0.733 bits per heavy atom. The molecule has 0 atom stereocenters. The first-order chi connectivity index (χ1) is 7.21. The van der Waals surface area contributed by atoms with Gasteiger partial charge in [-0.2, -0.15) is 0 Å². The summed E-state index contributed by atoms with van der Waals surface area (Å²) >= 11 is 6.99. The van der Waals surface area contributed by atoms with Gasteiger partial charge in [-0.05, 0) is 0 Å². The number of alkyl halides is 1. The molecule has 0 aliphatic heterocycles. The van der Waals surface area contributed by atoms with Gasteiger partial charge in [-0.1, -0.05) is 0 Å². The molecule has 0 N–H and O–H groups in total. The monoisotopic (exact) mass is 324 g/mol. The van der Waals surface area contributed by atoms with Crippen LogP contribution in [-0.2, 0) is 2.89 Å². The third-order valence-corrected chi connectivity index (χ3v) is 6.36. The maximum absolute atomic E-state index is 6.68. The first-order valence-corrected chi connectivity index (χ1v) is 8.24. The molecule has 2 aromatic rings. The molecule has 0 heterocycles. The molecule has 0 bridgehead atoms. The summed E-state index contributed by atoms with van der Waals surface area (Å²) < 4.78 is -0.232. The second kappa shape index (κ2) is 4.58. The molecule has 15 heavy (non-hydrogen) atoms. The molecule has 0 nitrogen and oxygen atoms in total. The van der Waals surface area contributed by atoms with Crippen LogP contribution in [0, 0.1) is 0 Å². The molecule has 0 aliphatic rings. The van der Waals surface area contributed by atoms with Gasteiger partial charge >= 0.3 is 109 Å². The van der Waals surface area contributed by atoms with E-state index in [1.165, 1.54) is 11.1 Å². The van der Waals surface area contributed by atoms with Gasteiger partial charge in [0.1, 0.15) is 0 Å². The van der Waals surface area contributed by atoms with E-state index in [1.54, 1.807) is 0 Å². The normalized spacial score (nSPS) is 11.5. The maximum atomic E-state index is 6.68. The molecule has 0 unspecified atom stereocenters. The Morgan fingerprint density at radius 2 is 1.07 bits per heavy atom. The van der Waals surface area contributed by atoms with Gasteiger partial charge in [0, 0.05) is 0 Å². The Kier molecular flexibility index (Phi) is 3.37. The molecule has 76 valence electrons. The van der Waals surface area contributed by atoms with E-state index in [1.807, 2.05) is 36.4 Å². The van der Waals surface area contributed by atoms with Crippen molar-refractivity contribution >= 4 is 34.1 Å². The first kappa shape index (κ1) is 11.0. The predicted molar refractivity (Wildman–Crippen MR) is 69.5 cm³/mol. The second-order valence-electron chi connectivity index (χ2n) is 3.74. The van der Waals surface area contributed by atoms with Crippen molar-refractivity contribution in [2.45, 2.75) is 2.89 Å². The van der Waals surface area contributed by atoms with E-state index in [0.717, 1.165) is 0 Å². The summed E-state index contributed by atoms with van der Waals surface area (Å²) in [5.41, 5.74) is 2.43. The topological polar surface area (TPSA) is 0 Å². The zero-order valence-electron chi connectivity index (χ0n) is 8.65. The molecule has 0 aromatic heterocycles. The van der Waals surface area contributed by atoms with Gasteiger partial charge in [-0.3, -0.25) is 0 Å². The van der Waals surface area contributed by atoms with E-state index in [4.69, 9.17) is 11.6 Å². The Hall–Kier alpha value is -0.471. The van der Waals surface area contributed by atoms with E-state index in [0.29, 0.717) is 22.5 Å². The average Bonchev–Trinajstić information content (AvgIpc) is 2.31. The van der Waals surface area contributed by atoms with Crippen molar-refractivity contribution in [2.24, 2.45) is 0 Å². The molecule has 2 heteroatoms. The minimum atomic E-state index is -0.232. The third-order valence-electron chi connectivity index (χ3n) is 2.63. The Bertz CT molecular complexity index is 381. The molecule has 0 saturated heterocycles. The summed E-state index contributed by atoms with van der Waals surface area (Å²) in [6, 6.07) is 20.7. The quantitative estimate of drug-likeness (QED) is 0.588. The molecule has 2 rings (SSSR count). The predicted octanol–water partition coefficient (Wildman–Crippen LogP) is 2.49. The molecule has 0 aliphatic carbocycles. The van der Waals surface area contributed by atoms with Gasteiger partial charge in [0.15, 0.2) is 0 Å². The van der Waals surface area contributed by atoms with Crippen LogP contribution < -0.4 is 0 Å². The van der Waals surface area contributed by atoms with Gasteiger partial charge in [0.05, 0.1) is 0 Å². The number of halogens is 1. The van der Waals surface area contributed by atoms with E-state index >= 15 is 0 Å². The van der Waals surface area contributed by atoms with Crippen molar-refractivity contribution in [1.82, 2.24) is 0 Å². The van der Waals surface area contributed by atoms with Crippen LogP contribution in [-0.4, -0.2) is 22.5 Å². The van der Waals surface area contributed by atoms with Gasteiger partial charge in [-0.15, -0.1) is 0 Å². The van der Waals surface area contributed by atoms with E-state index in [9.17, 15) is 0 Å². The van der Waals surface area contributed by atoms with Gasteiger partial charge < -0.3 is 0 Å². The summed E-state index contributed by atoms with van der Waals surface area (Å²) in [6.07, 6.45) is 0. The summed E-state index contributed by atoms with van der Waals surface area (Å²) in [7, 11) is 0. The zero-order chi connectivity index (χ0) is 10.7. The van der Waals surface area contributed by atoms with Gasteiger partial charge in [-0.25, -0.2) is 0 Å². The minimum absolute atomic E-state index is 0.232. The SMILES string of the molecule is Cl[C]([SnH3])(c1ccccc1)c1ccccc1. The molecular formula is C13H13ClSn. The van der Waals surface area contributed by atoms with Gasteiger partial charge in [0.25, 0.3) is 0 Å². The number of rotatable bonds is 2. The Balaban J connectivity index is 2.44. The average molecular weight is 323 g/mol. The van der Waals surface area contributed by atoms with E-state index in [2.05, 4.69) is 24.3 Å². The molecule has 0 spiro atoms. The van der Waals surface area contributed by atoms with Crippen LogP contribution in [0.5, 0.6) is 0 Å². The van der Waals surface area contributed by atoms with E-state index in [-0.39, 0.29) is 2.89 Å². The van der Waals surface area contributed by atoms with Crippen LogP contribution in [0.1, 0.15) is 11.1 Å². The Morgan fingerprint density at radius 3 is 1.40 bits per heavy atom. The zero-order valence-corrected chi connectivity index (χ0v) is 15.1. The second-order valence-corrected chi connectivity index (χ2v) is 10.6. The van der Waals surface area contributed by atoms with Crippen LogP contribution in [0.4, 0.5) is 0 Å². The van der Waals surface area contributed by atoms with Crippen LogP contribution in [0.3, 0.4) is 0 Å². The summed E-state index contributed by atoms with van der Waals surface area (Å²) in [6.45, 7) is 0. The van der Waals surface area contributed by atoms with E-state index < -0.39 is 0 Å². The van der Waals surface area contributed by atoms with Crippen molar-refractivity contribution in [3.05, 3.63) is 71.8 Å². The fraction of sp³-hybridized carbons (Fsp3) is 0.0769. The number of benzene rings is 2. The fourth-order valence-electron chi connectivity index (χ4n) is 1.67. The van der Waals surface area contributed by atoms with Crippen LogP contribution in [0.2, 0.25) is 0 Å². The standard InChI is InChI=1S/C13H10Cl.Sn.3H/c14-13(11-7-3-1-4-8-11)12-9-5-2-6-10-12;;;;/h1-10H;;;;. The van der Waals surface area contributed by atoms with Crippen molar-refractivity contribution in [1.29, 1.82) is 0 Å². The molecule has 0 amide bonds. The number of hydrogen-bond acceptors (Lipinski definition) is 0. The first-order valence-electron chi connectivity index (χ1n) is 5.01. The van der Waals surface area contributed by atoms with Crippen LogP contribution in [0.25, 0.3) is 0 Å². The summed E-state index contributed by atoms with van der Waals surface area (Å²) in [5, 5.41) is 0. The van der Waals surface area contributed by atoms with Crippen LogP contribution >= 0.6 is 11.6 Å². The molecule has 0 radical (unpaired) electrons. The van der Waals surface area contributed by atoms with Crippen molar-refractivity contribution < 1.29 is 0 Å². The molecule has 2 aromatic carbocycles. The van der Waals surface area contributed by atoms with Crippen molar-refractivity contribution in [3.8, 4) is 0 Å². The van der Waals surface area contributed by atoms with Gasteiger partial charge in [0.2, 0.25) is 0 Å². The van der Waals surface area contributed by atoms with Crippen molar-refractivity contribution in [3.63, 3.8) is 0 Å². The van der Waals surface area contributed by atoms with Crippen LogP contribution in [0.15, 0.2) is 60.7 Å².